The molecule has 0 aromatic rings. The van der Waals surface area contributed by atoms with Crippen LogP contribution in [0, 0.1) is 5.92 Å². The van der Waals surface area contributed by atoms with Crippen molar-refractivity contribution in [1.29, 1.82) is 0 Å². The van der Waals surface area contributed by atoms with Gasteiger partial charge in [0.2, 0.25) is 0 Å². The minimum Gasteiger partial charge on any atom is -0.395 e. The lowest BCUT2D eigenvalue weighted by atomic mass is 9.84. The molecule has 1 saturated heterocycles. The van der Waals surface area contributed by atoms with E-state index in [-0.39, 0.29) is 6.61 Å². The average molecular weight is 227 g/mol. The number of hydrogen-bond donors (Lipinski definition) is 2. The van der Waals surface area contributed by atoms with Crippen molar-refractivity contribution >= 4 is 0 Å². The normalized spacial score (nSPS) is 29.4. The molecule has 2 rings (SSSR count). The summed E-state index contributed by atoms with van der Waals surface area (Å²) in [6, 6.07) is 0.296. The Morgan fingerprint density at radius 1 is 1.12 bits per heavy atom. The minimum atomic E-state index is 0.275. The molecule has 1 saturated carbocycles. The van der Waals surface area contributed by atoms with Crippen LogP contribution in [0.15, 0.2) is 0 Å². The molecule has 16 heavy (non-hydrogen) atoms. The Hall–Kier alpha value is -0.120. The van der Waals surface area contributed by atoms with Crippen molar-refractivity contribution in [3.05, 3.63) is 0 Å². The molecule has 2 fully saturated rings. The number of nitrogens with one attached hydrogen (secondary N) is 1. The molecule has 2 aliphatic rings. The van der Waals surface area contributed by atoms with Crippen molar-refractivity contribution in [2.45, 2.75) is 57.1 Å². The lowest BCUT2D eigenvalue weighted by molar-refractivity contribution is 0.0949. The molecule has 2 atom stereocenters. The number of hydrogen-bond acceptors (Lipinski definition) is 3. The van der Waals surface area contributed by atoms with Crippen molar-refractivity contribution in [1.82, 2.24) is 5.32 Å². The van der Waals surface area contributed by atoms with Gasteiger partial charge in [0.25, 0.3) is 0 Å². The van der Waals surface area contributed by atoms with Crippen molar-refractivity contribution in [3.63, 3.8) is 0 Å². The summed E-state index contributed by atoms with van der Waals surface area (Å²) in [6.45, 7) is 2.11. The Balaban J connectivity index is 1.70. The van der Waals surface area contributed by atoms with E-state index in [9.17, 15) is 5.11 Å². The second-order valence-electron chi connectivity index (χ2n) is 5.23. The van der Waals surface area contributed by atoms with E-state index < -0.39 is 0 Å². The van der Waals surface area contributed by atoms with Gasteiger partial charge in [-0.2, -0.15) is 0 Å². The van der Waals surface area contributed by atoms with E-state index >= 15 is 0 Å². The van der Waals surface area contributed by atoms with Gasteiger partial charge in [0.05, 0.1) is 12.7 Å². The van der Waals surface area contributed by atoms with Crippen LogP contribution in [0.3, 0.4) is 0 Å². The van der Waals surface area contributed by atoms with Gasteiger partial charge in [-0.3, -0.25) is 0 Å². The van der Waals surface area contributed by atoms with E-state index in [1.165, 1.54) is 44.9 Å². The van der Waals surface area contributed by atoms with Gasteiger partial charge in [-0.25, -0.2) is 0 Å². The molecule has 0 bridgehead atoms. The topological polar surface area (TPSA) is 41.5 Å². The third-order valence-corrected chi connectivity index (χ3v) is 4.05. The number of rotatable bonds is 5. The van der Waals surface area contributed by atoms with Gasteiger partial charge in [-0.1, -0.05) is 19.3 Å². The Labute approximate surface area is 98.6 Å². The Morgan fingerprint density at radius 2 is 1.94 bits per heavy atom. The van der Waals surface area contributed by atoms with Crippen LogP contribution in [0.2, 0.25) is 0 Å². The van der Waals surface area contributed by atoms with Gasteiger partial charge in [-0.15, -0.1) is 0 Å². The zero-order valence-electron chi connectivity index (χ0n) is 10.2. The molecular weight excluding hydrogens is 202 g/mol. The van der Waals surface area contributed by atoms with Crippen molar-refractivity contribution in [2.24, 2.45) is 5.92 Å². The molecule has 3 heteroatoms. The lowest BCUT2D eigenvalue weighted by Crippen LogP contribution is -2.43. The molecule has 2 unspecified atom stereocenters. The molecule has 0 aromatic heterocycles. The summed E-state index contributed by atoms with van der Waals surface area (Å²) < 4.78 is 5.59. The molecule has 0 aromatic carbocycles. The fourth-order valence-corrected chi connectivity index (χ4v) is 3.00. The summed E-state index contributed by atoms with van der Waals surface area (Å²) in [7, 11) is 0. The highest BCUT2D eigenvalue weighted by Gasteiger charge is 2.24. The third kappa shape index (κ3) is 3.44. The molecule has 3 nitrogen and oxygen atoms in total. The third-order valence-electron chi connectivity index (χ3n) is 4.05. The summed E-state index contributed by atoms with van der Waals surface area (Å²) >= 11 is 0. The van der Waals surface area contributed by atoms with E-state index in [0.29, 0.717) is 18.1 Å². The molecule has 2 N–H and O–H groups in total. The Kier molecular flexibility index (Phi) is 5.07. The second-order valence-corrected chi connectivity index (χ2v) is 5.23. The van der Waals surface area contributed by atoms with E-state index in [4.69, 9.17) is 4.74 Å². The predicted octanol–water partition coefficient (Wildman–Crippen LogP) is 1.70. The van der Waals surface area contributed by atoms with Gasteiger partial charge in [0.15, 0.2) is 0 Å². The second kappa shape index (κ2) is 6.58. The fourth-order valence-electron chi connectivity index (χ4n) is 3.00. The van der Waals surface area contributed by atoms with E-state index in [0.717, 1.165) is 13.2 Å². The summed E-state index contributed by atoms with van der Waals surface area (Å²) in [5, 5.41) is 13.0. The number of aliphatic hydroxyl groups excluding tert-OH is 1. The van der Waals surface area contributed by atoms with E-state index in [2.05, 4.69) is 5.32 Å². The maximum Gasteiger partial charge on any atom is 0.0700 e. The average Bonchev–Trinajstić information content (AvgIpc) is 2.84. The molecule has 1 aliphatic heterocycles. The molecule has 94 valence electrons. The Morgan fingerprint density at radius 3 is 2.56 bits per heavy atom. The van der Waals surface area contributed by atoms with Crippen LogP contribution in [0.4, 0.5) is 0 Å². The highest BCUT2D eigenvalue weighted by Crippen LogP contribution is 2.26. The van der Waals surface area contributed by atoms with E-state index in [1.807, 2.05) is 0 Å². The minimum absolute atomic E-state index is 0.275. The SMILES string of the molecule is OCC(NCC1CCCO1)C1CCCCC1. The standard InChI is InChI=1S/C13H25NO2/c15-10-13(11-5-2-1-3-6-11)14-9-12-7-4-8-16-12/h11-15H,1-10H2. The summed E-state index contributed by atoms with van der Waals surface area (Å²) in [5.41, 5.74) is 0. The van der Waals surface area contributed by atoms with Crippen molar-refractivity contribution in [3.8, 4) is 0 Å². The monoisotopic (exact) mass is 227 g/mol. The molecule has 1 aliphatic carbocycles. The maximum absolute atomic E-state index is 9.45. The molecule has 1 heterocycles. The van der Waals surface area contributed by atoms with Crippen molar-refractivity contribution in [2.75, 3.05) is 19.8 Å². The summed E-state index contributed by atoms with van der Waals surface area (Å²) in [5.74, 6) is 0.681. The first-order valence-electron chi connectivity index (χ1n) is 6.86. The molecule has 0 spiro atoms. The van der Waals surface area contributed by atoms with Gasteiger partial charge < -0.3 is 15.2 Å². The highest BCUT2D eigenvalue weighted by atomic mass is 16.5. The van der Waals surface area contributed by atoms with E-state index in [1.54, 1.807) is 0 Å². The zero-order valence-corrected chi connectivity index (χ0v) is 10.2. The van der Waals surface area contributed by atoms with Gasteiger partial charge in [0.1, 0.15) is 0 Å². The molecular formula is C13H25NO2. The fraction of sp³-hybridized carbons (Fsp3) is 1.00. The first-order chi connectivity index (χ1) is 7.90. The van der Waals surface area contributed by atoms with Crippen LogP contribution >= 0.6 is 0 Å². The summed E-state index contributed by atoms with van der Waals surface area (Å²) in [4.78, 5) is 0. The maximum atomic E-state index is 9.45. The predicted molar refractivity (Wildman–Crippen MR) is 64.4 cm³/mol. The van der Waals surface area contributed by atoms with Crippen LogP contribution in [0.5, 0.6) is 0 Å². The first-order valence-corrected chi connectivity index (χ1v) is 6.86. The van der Waals surface area contributed by atoms with Crippen LogP contribution in [0.1, 0.15) is 44.9 Å². The smallest absolute Gasteiger partial charge is 0.0700 e. The zero-order chi connectivity index (χ0) is 11.2. The number of aliphatic hydroxyl groups is 1. The van der Waals surface area contributed by atoms with Crippen LogP contribution < -0.4 is 5.32 Å². The van der Waals surface area contributed by atoms with Gasteiger partial charge >= 0.3 is 0 Å². The van der Waals surface area contributed by atoms with Crippen LogP contribution in [-0.4, -0.2) is 37.0 Å². The van der Waals surface area contributed by atoms with Gasteiger partial charge in [-0.05, 0) is 31.6 Å². The summed E-state index contributed by atoms with van der Waals surface area (Å²) in [6.07, 6.45) is 9.37. The largest absolute Gasteiger partial charge is 0.395 e. The van der Waals surface area contributed by atoms with Crippen molar-refractivity contribution < 1.29 is 9.84 Å². The quantitative estimate of drug-likeness (QED) is 0.751. The van der Waals surface area contributed by atoms with Crippen LogP contribution in [-0.2, 0) is 4.74 Å². The lowest BCUT2D eigenvalue weighted by Gasteiger charge is -2.30. The highest BCUT2D eigenvalue weighted by molar-refractivity contribution is 4.80. The van der Waals surface area contributed by atoms with Gasteiger partial charge in [0, 0.05) is 19.2 Å². The molecule has 0 amide bonds. The number of ether oxygens (including phenoxy) is 1. The Bertz CT molecular complexity index is 186. The molecule has 0 radical (unpaired) electrons. The first kappa shape index (κ1) is 12.3. The van der Waals surface area contributed by atoms with Crippen LogP contribution in [0.25, 0.3) is 0 Å².